The summed E-state index contributed by atoms with van der Waals surface area (Å²) in [7, 11) is 0. The van der Waals surface area contributed by atoms with Crippen molar-refractivity contribution in [1.82, 2.24) is 10.6 Å². The molecule has 1 aromatic heterocycles. The van der Waals surface area contributed by atoms with E-state index in [9.17, 15) is 0 Å². The minimum Gasteiger partial charge on any atom is -0.360 e. The molecule has 1 saturated carbocycles. The summed E-state index contributed by atoms with van der Waals surface area (Å²) in [6.45, 7) is 2.97. The lowest BCUT2D eigenvalue weighted by Crippen LogP contribution is -2.36. The van der Waals surface area contributed by atoms with E-state index in [1.807, 2.05) is 0 Å². The average molecular weight is 226 g/mol. The van der Waals surface area contributed by atoms with Crippen molar-refractivity contribution in [2.75, 3.05) is 0 Å². The van der Waals surface area contributed by atoms with Gasteiger partial charge < -0.3 is 10.6 Å². The smallest absolute Gasteiger partial charge is 0.166 e. The van der Waals surface area contributed by atoms with Gasteiger partial charge in [-0.1, -0.05) is 0 Å². The number of rotatable bonds is 3. The van der Waals surface area contributed by atoms with Gasteiger partial charge in [-0.05, 0) is 53.9 Å². The maximum atomic E-state index is 5.17. The minimum absolute atomic E-state index is 0.638. The van der Waals surface area contributed by atoms with Crippen molar-refractivity contribution in [2.45, 2.75) is 32.4 Å². The summed E-state index contributed by atoms with van der Waals surface area (Å²) in [6, 6.07) is 0.638. The lowest BCUT2D eigenvalue weighted by Gasteiger charge is -2.08. The van der Waals surface area contributed by atoms with Crippen molar-refractivity contribution in [2.24, 2.45) is 0 Å². The van der Waals surface area contributed by atoms with E-state index >= 15 is 0 Å². The Morgan fingerprint density at radius 3 is 2.93 bits per heavy atom. The molecule has 2 N–H and O–H groups in total. The van der Waals surface area contributed by atoms with Crippen LogP contribution in [-0.2, 0) is 6.54 Å². The highest BCUT2D eigenvalue weighted by atomic mass is 32.1. The quantitative estimate of drug-likeness (QED) is 0.773. The van der Waals surface area contributed by atoms with Crippen molar-refractivity contribution < 1.29 is 0 Å². The number of thiocarbonyl (C=S) groups is 1. The van der Waals surface area contributed by atoms with Crippen LogP contribution in [0.1, 0.15) is 24.0 Å². The first-order valence-corrected chi connectivity index (χ1v) is 6.17. The van der Waals surface area contributed by atoms with Crippen molar-refractivity contribution >= 4 is 28.7 Å². The summed E-state index contributed by atoms with van der Waals surface area (Å²) in [5.74, 6) is 0. The van der Waals surface area contributed by atoms with Gasteiger partial charge in [0.25, 0.3) is 0 Å². The summed E-state index contributed by atoms with van der Waals surface area (Å²) >= 11 is 6.91. The molecule has 4 heteroatoms. The Kier molecular flexibility index (Phi) is 3.03. The SMILES string of the molecule is Cc1cscc1CNC(=S)NC1CC1. The van der Waals surface area contributed by atoms with Crippen LogP contribution in [-0.4, -0.2) is 11.2 Å². The Hall–Kier alpha value is -0.610. The second kappa shape index (κ2) is 4.28. The van der Waals surface area contributed by atoms with E-state index in [-0.39, 0.29) is 0 Å². The maximum absolute atomic E-state index is 5.17. The molecule has 0 atom stereocenters. The molecule has 14 heavy (non-hydrogen) atoms. The largest absolute Gasteiger partial charge is 0.360 e. The molecule has 0 spiro atoms. The average Bonchev–Trinajstić information content (AvgIpc) is 2.86. The van der Waals surface area contributed by atoms with Crippen LogP contribution < -0.4 is 10.6 Å². The second-order valence-corrected chi connectivity index (χ2v) is 4.83. The molecular weight excluding hydrogens is 212 g/mol. The third-order valence-electron chi connectivity index (χ3n) is 2.31. The molecule has 76 valence electrons. The normalized spacial score (nSPS) is 15.2. The molecule has 1 aliphatic carbocycles. The van der Waals surface area contributed by atoms with E-state index in [0.29, 0.717) is 6.04 Å². The lowest BCUT2D eigenvalue weighted by molar-refractivity contribution is 0.828. The van der Waals surface area contributed by atoms with Crippen LogP contribution in [0.15, 0.2) is 10.8 Å². The van der Waals surface area contributed by atoms with Gasteiger partial charge in [0.15, 0.2) is 5.11 Å². The maximum Gasteiger partial charge on any atom is 0.166 e. The molecule has 0 radical (unpaired) electrons. The first-order chi connectivity index (χ1) is 6.75. The topological polar surface area (TPSA) is 24.1 Å². The molecule has 0 amide bonds. The van der Waals surface area contributed by atoms with Gasteiger partial charge in [0, 0.05) is 12.6 Å². The van der Waals surface area contributed by atoms with Gasteiger partial charge in [0.05, 0.1) is 0 Å². The molecule has 1 heterocycles. The van der Waals surface area contributed by atoms with E-state index in [1.165, 1.54) is 24.0 Å². The highest BCUT2D eigenvalue weighted by molar-refractivity contribution is 7.80. The van der Waals surface area contributed by atoms with Gasteiger partial charge in [0.2, 0.25) is 0 Å². The third kappa shape index (κ3) is 2.69. The Morgan fingerprint density at radius 2 is 2.36 bits per heavy atom. The number of nitrogens with one attached hydrogen (secondary N) is 2. The Bertz CT molecular complexity index is 329. The molecule has 0 saturated heterocycles. The van der Waals surface area contributed by atoms with Crippen molar-refractivity contribution in [3.63, 3.8) is 0 Å². The van der Waals surface area contributed by atoms with Crippen LogP contribution in [0.25, 0.3) is 0 Å². The molecule has 1 fully saturated rings. The molecule has 0 aromatic carbocycles. The van der Waals surface area contributed by atoms with Gasteiger partial charge in [0.1, 0.15) is 0 Å². The predicted molar refractivity (Wildman–Crippen MR) is 64.7 cm³/mol. The van der Waals surface area contributed by atoms with E-state index in [0.717, 1.165) is 11.7 Å². The number of hydrogen-bond acceptors (Lipinski definition) is 2. The van der Waals surface area contributed by atoms with Gasteiger partial charge in [-0.2, -0.15) is 11.3 Å². The first-order valence-electron chi connectivity index (χ1n) is 4.82. The molecule has 0 unspecified atom stereocenters. The highest BCUT2D eigenvalue weighted by Crippen LogP contribution is 2.18. The van der Waals surface area contributed by atoms with Crippen molar-refractivity contribution in [1.29, 1.82) is 0 Å². The van der Waals surface area contributed by atoms with Crippen LogP contribution in [0.4, 0.5) is 0 Å². The molecule has 1 aliphatic rings. The summed E-state index contributed by atoms with van der Waals surface area (Å²) in [5, 5.41) is 11.6. The Balaban J connectivity index is 1.76. The van der Waals surface area contributed by atoms with Crippen LogP contribution in [0, 0.1) is 6.92 Å². The summed E-state index contributed by atoms with van der Waals surface area (Å²) in [6.07, 6.45) is 2.53. The van der Waals surface area contributed by atoms with E-state index in [1.54, 1.807) is 11.3 Å². The molecule has 0 aliphatic heterocycles. The standard InChI is InChI=1S/C10H14N2S2/c1-7-5-14-6-8(7)4-11-10(13)12-9-2-3-9/h5-6,9H,2-4H2,1H3,(H2,11,12,13). The van der Waals surface area contributed by atoms with E-state index in [4.69, 9.17) is 12.2 Å². The fourth-order valence-corrected chi connectivity index (χ4v) is 2.30. The van der Waals surface area contributed by atoms with Gasteiger partial charge in [-0.15, -0.1) is 0 Å². The van der Waals surface area contributed by atoms with Crippen molar-refractivity contribution in [3.8, 4) is 0 Å². The molecule has 0 bridgehead atoms. The summed E-state index contributed by atoms with van der Waals surface area (Å²) in [5.41, 5.74) is 2.69. The zero-order valence-electron chi connectivity index (χ0n) is 8.17. The van der Waals surface area contributed by atoms with E-state index < -0.39 is 0 Å². The fraction of sp³-hybridized carbons (Fsp3) is 0.500. The Labute approximate surface area is 93.7 Å². The van der Waals surface area contributed by atoms with Gasteiger partial charge in [-0.3, -0.25) is 0 Å². The van der Waals surface area contributed by atoms with Crippen LogP contribution >= 0.6 is 23.6 Å². The fourth-order valence-electron chi connectivity index (χ4n) is 1.21. The van der Waals surface area contributed by atoms with Gasteiger partial charge >= 0.3 is 0 Å². The van der Waals surface area contributed by atoms with E-state index in [2.05, 4.69) is 28.3 Å². The van der Waals surface area contributed by atoms with Crippen LogP contribution in [0.5, 0.6) is 0 Å². The zero-order chi connectivity index (χ0) is 9.97. The lowest BCUT2D eigenvalue weighted by atomic mass is 10.2. The molecule has 2 rings (SSSR count). The summed E-state index contributed by atoms with van der Waals surface area (Å²) < 4.78 is 0. The van der Waals surface area contributed by atoms with Crippen LogP contribution in [0.2, 0.25) is 0 Å². The zero-order valence-corrected chi connectivity index (χ0v) is 9.80. The second-order valence-electron chi connectivity index (χ2n) is 3.68. The molecule has 1 aromatic rings. The molecular formula is C10H14N2S2. The van der Waals surface area contributed by atoms with Crippen molar-refractivity contribution in [3.05, 3.63) is 21.9 Å². The predicted octanol–water partition coefficient (Wildman–Crippen LogP) is 2.18. The number of aryl methyl sites for hydroxylation is 1. The molecule has 2 nitrogen and oxygen atoms in total. The van der Waals surface area contributed by atoms with Crippen LogP contribution in [0.3, 0.4) is 0 Å². The van der Waals surface area contributed by atoms with Gasteiger partial charge in [-0.25, -0.2) is 0 Å². The number of hydrogen-bond donors (Lipinski definition) is 2. The third-order valence-corrected chi connectivity index (χ3v) is 3.49. The number of thiophene rings is 1. The summed E-state index contributed by atoms with van der Waals surface area (Å²) in [4.78, 5) is 0. The minimum atomic E-state index is 0.638. The first kappa shape index (κ1) is 9.93. The highest BCUT2D eigenvalue weighted by Gasteiger charge is 2.21. The Morgan fingerprint density at radius 1 is 1.57 bits per heavy atom. The monoisotopic (exact) mass is 226 g/mol.